The van der Waals surface area contributed by atoms with E-state index in [9.17, 15) is 13.2 Å². The van der Waals surface area contributed by atoms with Crippen LogP contribution in [0.5, 0.6) is 0 Å². The number of carbonyl (C=O) groups is 1. The highest BCUT2D eigenvalue weighted by Crippen LogP contribution is 2.27. The maximum absolute atomic E-state index is 12.7. The average molecular weight is 422 g/mol. The zero-order chi connectivity index (χ0) is 21.3. The molecule has 0 aliphatic heterocycles. The molecule has 2 aromatic heterocycles. The van der Waals surface area contributed by atoms with E-state index < -0.39 is 15.9 Å². The summed E-state index contributed by atoms with van der Waals surface area (Å²) in [5.41, 5.74) is 2.86. The number of sulfonamides is 1. The Bertz CT molecular complexity index is 1330. The maximum atomic E-state index is 12.7. The minimum absolute atomic E-state index is 0.0170. The minimum atomic E-state index is -3.85. The van der Waals surface area contributed by atoms with Gasteiger partial charge in [0.25, 0.3) is 15.9 Å². The predicted molar refractivity (Wildman–Crippen MR) is 113 cm³/mol. The van der Waals surface area contributed by atoms with Crippen LogP contribution >= 0.6 is 0 Å². The van der Waals surface area contributed by atoms with Crippen molar-refractivity contribution in [2.75, 3.05) is 10.0 Å². The molecule has 0 fully saturated rings. The number of aromatic nitrogens is 2. The summed E-state index contributed by atoms with van der Waals surface area (Å²) in [7, 11) is -3.85. The Hall–Kier alpha value is -3.72. The summed E-state index contributed by atoms with van der Waals surface area (Å²) in [6, 6.07) is 13.1. The van der Waals surface area contributed by atoms with E-state index in [4.69, 9.17) is 4.42 Å². The van der Waals surface area contributed by atoms with Crippen LogP contribution in [0.15, 0.2) is 70.2 Å². The summed E-state index contributed by atoms with van der Waals surface area (Å²) in [6.07, 6.45) is 2.87. The number of anilines is 2. The molecule has 9 heteroatoms. The largest absolute Gasteiger partial charge is 0.451 e. The third-order valence-electron chi connectivity index (χ3n) is 4.51. The van der Waals surface area contributed by atoms with Crippen LogP contribution in [0.1, 0.15) is 21.7 Å². The third kappa shape index (κ3) is 3.87. The number of hydrogen-bond donors (Lipinski definition) is 2. The quantitative estimate of drug-likeness (QED) is 0.504. The van der Waals surface area contributed by atoms with Crippen molar-refractivity contribution < 1.29 is 17.6 Å². The predicted octanol–water partition coefficient (Wildman–Crippen LogP) is 3.89. The first-order valence-electron chi connectivity index (χ1n) is 9.04. The Balaban J connectivity index is 1.52. The molecular formula is C21H18N4O4S. The number of furan rings is 1. The van der Waals surface area contributed by atoms with Crippen molar-refractivity contribution in [1.82, 2.24) is 9.97 Å². The molecule has 4 aromatic rings. The second kappa shape index (κ2) is 7.60. The first kappa shape index (κ1) is 19.6. The van der Waals surface area contributed by atoms with Crippen molar-refractivity contribution in [1.29, 1.82) is 0 Å². The van der Waals surface area contributed by atoms with Gasteiger partial charge in [-0.2, -0.15) is 0 Å². The van der Waals surface area contributed by atoms with Crippen molar-refractivity contribution in [3.8, 4) is 0 Å². The van der Waals surface area contributed by atoms with Gasteiger partial charge in [0.05, 0.1) is 4.90 Å². The molecule has 0 unspecified atom stereocenters. The highest BCUT2D eigenvalue weighted by atomic mass is 32.2. The van der Waals surface area contributed by atoms with Crippen LogP contribution in [-0.4, -0.2) is 24.3 Å². The zero-order valence-corrected chi connectivity index (χ0v) is 17.0. The average Bonchev–Trinajstić information content (AvgIpc) is 3.04. The highest BCUT2D eigenvalue weighted by Gasteiger charge is 2.19. The Labute approximate surface area is 173 Å². The molecule has 2 N–H and O–H groups in total. The fraction of sp³-hybridized carbons (Fsp3) is 0.0952. The van der Waals surface area contributed by atoms with Crippen molar-refractivity contribution in [3.63, 3.8) is 0 Å². The molecule has 2 heterocycles. The highest BCUT2D eigenvalue weighted by molar-refractivity contribution is 7.92. The number of rotatable bonds is 5. The van der Waals surface area contributed by atoms with Crippen LogP contribution < -0.4 is 10.0 Å². The van der Waals surface area contributed by atoms with Gasteiger partial charge in [0.1, 0.15) is 5.58 Å². The van der Waals surface area contributed by atoms with Crippen LogP contribution in [-0.2, 0) is 10.0 Å². The summed E-state index contributed by atoms with van der Waals surface area (Å²) >= 11 is 0. The molecule has 0 saturated heterocycles. The Morgan fingerprint density at radius 3 is 2.40 bits per heavy atom. The van der Waals surface area contributed by atoms with Crippen LogP contribution in [0.3, 0.4) is 0 Å². The van der Waals surface area contributed by atoms with Gasteiger partial charge in [-0.25, -0.2) is 23.1 Å². The second-order valence-corrected chi connectivity index (χ2v) is 8.39. The van der Waals surface area contributed by atoms with E-state index in [-0.39, 0.29) is 16.6 Å². The van der Waals surface area contributed by atoms with E-state index in [1.165, 1.54) is 36.7 Å². The first-order chi connectivity index (χ1) is 14.3. The molecule has 0 aliphatic carbocycles. The van der Waals surface area contributed by atoms with E-state index in [0.29, 0.717) is 11.3 Å². The number of carbonyl (C=O) groups excluding carboxylic acids is 1. The van der Waals surface area contributed by atoms with Gasteiger partial charge in [-0.1, -0.05) is 12.1 Å². The number of amides is 1. The zero-order valence-electron chi connectivity index (χ0n) is 16.2. The molecule has 152 valence electrons. The lowest BCUT2D eigenvalue weighted by Crippen LogP contribution is -2.15. The summed E-state index contributed by atoms with van der Waals surface area (Å²) in [6.45, 7) is 3.77. The summed E-state index contributed by atoms with van der Waals surface area (Å²) in [5.74, 6) is -0.214. The molecule has 4 rings (SSSR count). The number of aryl methyl sites for hydroxylation is 2. The summed E-state index contributed by atoms with van der Waals surface area (Å²) < 4.78 is 32.9. The van der Waals surface area contributed by atoms with Crippen LogP contribution in [0.25, 0.3) is 11.0 Å². The molecule has 0 radical (unpaired) electrons. The van der Waals surface area contributed by atoms with Gasteiger partial charge in [0.15, 0.2) is 5.76 Å². The molecule has 1 amide bonds. The van der Waals surface area contributed by atoms with Gasteiger partial charge in [-0.15, -0.1) is 0 Å². The van der Waals surface area contributed by atoms with Crippen molar-refractivity contribution in [2.45, 2.75) is 18.7 Å². The van der Waals surface area contributed by atoms with Crippen molar-refractivity contribution >= 4 is 38.5 Å². The summed E-state index contributed by atoms with van der Waals surface area (Å²) in [4.78, 5) is 20.4. The van der Waals surface area contributed by atoms with Crippen LogP contribution in [0, 0.1) is 13.8 Å². The number of nitrogens with zero attached hydrogens (tertiary/aromatic N) is 2. The van der Waals surface area contributed by atoms with Crippen LogP contribution in [0.4, 0.5) is 11.6 Å². The van der Waals surface area contributed by atoms with Crippen LogP contribution in [0.2, 0.25) is 0 Å². The Morgan fingerprint density at radius 2 is 1.70 bits per heavy atom. The topological polar surface area (TPSA) is 114 Å². The minimum Gasteiger partial charge on any atom is -0.451 e. The standard InChI is InChI=1S/C21H18N4O4S/c1-13-4-9-17-14(2)19(29-18(17)12-13)20(26)24-15-5-7-16(8-6-15)30(27,28)25-21-22-10-3-11-23-21/h3-12H,1-2H3,(H,24,26)(H,22,23,25). The molecule has 0 spiro atoms. The van der Waals surface area contributed by atoms with E-state index in [1.807, 2.05) is 32.0 Å². The second-order valence-electron chi connectivity index (χ2n) is 6.71. The van der Waals surface area contributed by atoms with E-state index in [2.05, 4.69) is 20.0 Å². The summed E-state index contributed by atoms with van der Waals surface area (Å²) in [5, 5.41) is 3.61. The van der Waals surface area contributed by atoms with Gasteiger partial charge in [0, 0.05) is 29.0 Å². The Kier molecular flexibility index (Phi) is 4.96. The lowest BCUT2D eigenvalue weighted by Gasteiger charge is -2.08. The molecule has 0 bridgehead atoms. The Morgan fingerprint density at radius 1 is 1.00 bits per heavy atom. The van der Waals surface area contributed by atoms with Gasteiger partial charge >= 0.3 is 0 Å². The smallest absolute Gasteiger partial charge is 0.291 e. The fourth-order valence-corrected chi connectivity index (χ4v) is 3.94. The van der Waals surface area contributed by atoms with Gasteiger partial charge in [-0.05, 0) is 55.8 Å². The molecule has 0 atom stereocenters. The van der Waals surface area contributed by atoms with E-state index in [1.54, 1.807) is 6.07 Å². The number of fused-ring (bicyclic) bond motifs is 1. The van der Waals surface area contributed by atoms with Crippen molar-refractivity contribution in [2.24, 2.45) is 0 Å². The maximum Gasteiger partial charge on any atom is 0.291 e. The number of hydrogen-bond acceptors (Lipinski definition) is 6. The molecule has 30 heavy (non-hydrogen) atoms. The van der Waals surface area contributed by atoms with E-state index >= 15 is 0 Å². The lowest BCUT2D eigenvalue weighted by molar-refractivity contribution is 0.0998. The SMILES string of the molecule is Cc1ccc2c(C)c(C(=O)Nc3ccc(S(=O)(=O)Nc4ncccn4)cc3)oc2c1. The molecule has 0 saturated carbocycles. The fourth-order valence-electron chi connectivity index (χ4n) is 2.99. The van der Waals surface area contributed by atoms with Gasteiger partial charge < -0.3 is 9.73 Å². The van der Waals surface area contributed by atoms with Gasteiger partial charge in [0.2, 0.25) is 5.95 Å². The first-order valence-corrected chi connectivity index (χ1v) is 10.5. The molecule has 2 aromatic carbocycles. The van der Waals surface area contributed by atoms with Crippen molar-refractivity contribution in [3.05, 3.63) is 77.8 Å². The number of nitrogens with one attached hydrogen (secondary N) is 2. The monoisotopic (exact) mass is 422 g/mol. The number of benzene rings is 2. The van der Waals surface area contributed by atoms with E-state index in [0.717, 1.165) is 16.5 Å². The molecule has 0 aliphatic rings. The van der Waals surface area contributed by atoms with Gasteiger partial charge in [-0.3, -0.25) is 4.79 Å². The molecule has 8 nitrogen and oxygen atoms in total. The lowest BCUT2D eigenvalue weighted by atomic mass is 10.1. The molecular weight excluding hydrogens is 404 g/mol. The normalized spacial score (nSPS) is 11.4. The third-order valence-corrected chi connectivity index (χ3v) is 5.86.